The molecule has 0 unspecified atom stereocenters. The molecule has 0 aliphatic carbocycles. The van der Waals surface area contributed by atoms with E-state index in [9.17, 15) is 23.1 Å². The lowest BCUT2D eigenvalue weighted by Crippen LogP contribution is -2.49. The Bertz CT molecular complexity index is 1560. The molecule has 0 radical (unpaired) electrons. The van der Waals surface area contributed by atoms with Crippen molar-refractivity contribution in [3.8, 4) is 0 Å². The number of carbonyl (C=O) groups is 2. The standard InChI is InChI=1S/C27H30N4O6S/c1-16(2)13-21(28)26(32)31(38(35,36)19-9-5-4-6-10-19)23(25-30-24(27(33)34)17(3)37-25)14-18-15-29-22-12-8-7-11-20(18)22/h4-12,15-16,21,23,29H,13-14,28H2,1-3H3,(H,33,34)/t21-,23+/m0/s1. The number of carbonyl (C=O) groups excluding carboxylic acids is 1. The quantitative estimate of drug-likeness (QED) is 0.273. The highest BCUT2D eigenvalue weighted by Crippen LogP contribution is 2.34. The first-order valence-corrected chi connectivity index (χ1v) is 13.6. The summed E-state index contributed by atoms with van der Waals surface area (Å²) in [7, 11) is -4.46. The molecule has 2 aromatic heterocycles. The van der Waals surface area contributed by atoms with Crippen LogP contribution in [-0.2, 0) is 21.2 Å². The van der Waals surface area contributed by atoms with Gasteiger partial charge in [-0.25, -0.2) is 22.5 Å². The summed E-state index contributed by atoms with van der Waals surface area (Å²) in [4.78, 5) is 32.8. The molecule has 0 fully saturated rings. The van der Waals surface area contributed by atoms with Gasteiger partial charge in [-0.05, 0) is 43.0 Å². The Morgan fingerprint density at radius 1 is 1.11 bits per heavy atom. The Kier molecular flexibility index (Phi) is 7.70. The first-order chi connectivity index (χ1) is 18.0. The minimum Gasteiger partial charge on any atom is -0.476 e. The highest BCUT2D eigenvalue weighted by Gasteiger charge is 2.42. The molecule has 0 saturated heterocycles. The first-order valence-electron chi connectivity index (χ1n) is 12.1. The van der Waals surface area contributed by atoms with Gasteiger partial charge in [-0.15, -0.1) is 0 Å². The zero-order valence-electron chi connectivity index (χ0n) is 21.3. The van der Waals surface area contributed by atoms with Crippen LogP contribution in [-0.4, -0.2) is 45.7 Å². The fourth-order valence-corrected chi connectivity index (χ4v) is 6.06. The molecule has 0 saturated carbocycles. The van der Waals surface area contributed by atoms with E-state index in [1.54, 1.807) is 24.4 Å². The maximum absolute atomic E-state index is 14.1. The van der Waals surface area contributed by atoms with Crippen molar-refractivity contribution < 1.29 is 27.5 Å². The number of para-hydroxylation sites is 1. The van der Waals surface area contributed by atoms with Crippen molar-refractivity contribution in [1.82, 2.24) is 14.3 Å². The van der Waals surface area contributed by atoms with Crippen molar-refractivity contribution in [2.45, 2.75) is 50.6 Å². The molecule has 11 heteroatoms. The number of aromatic nitrogens is 2. The average Bonchev–Trinajstić information content (AvgIpc) is 3.47. The molecule has 4 aromatic rings. The highest BCUT2D eigenvalue weighted by molar-refractivity contribution is 7.89. The van der Waals surface area contributed by atoms with Gasteiger partial charge in [0.05, 0.1) is 10.9 Å². The van der Waals surface area contributed by atoms with Gasteiger partial charge in [0, 0.05) is 23.5 Å². The van der Waals surface area contributed by atoms with E-state index in [0.717, 1.165) is 10.9 Å². The number of carboxylic acid groups (broad SMARTS) is 1. The summed E-state index contributed by atoms with van der Waals surface area (Å²) in [5, 5.41) is 10.4. The van der Waals surface area contributed by atoms with E-state index in [0.29, 0.717) is 9.87 Å². The third-order valence-corrected chi connectivity index (χ3v) is 8.05. The summed E-state index contributed by atoms with van der Waals surface area (Å²) in [6, 6.07) is 12.5. The van der Waals surface area contributed by atoms with Gasteiger partial charge in [0.15, 0.2) is 5.69 Å². The molecule has 2 aromatic carbocycles. The number of nitrogens with one attached hydrogen (secondary N) is 1. The molecule has 0 spiro atoms. The second-order valence-electron chi connectivity index (χ2n) is 9.53. The number of amides is 1. The number of sulfonamides is 1. The zero-order chi connectivity index (χ0) is 27.6. The van der Waals surface area contributed by atoms with Crippen LogP contribution in [0.3, 0.4) is 0 Å². The summed E-state index contributed by atoms with van der Waals surface area (Å²) >= 11 is 0. The number of fused-ring (bicyclic) bond motifs is 1. The number of oxazole rings is 1. The molecule has 0 bridgehead atoms. The van der Waals surface area contributed by atoms with Crippen molar-refractivity contribution in [2.75, 3.05) is 0 Å². The molecule has 1 amide bonds. The zero-order valence-corrected chi connectivity index (χ0v) is 22.1. The summed E-state index contributed by atoms with van der Waals surface area (Å²) < 4.78 is 34.5. The molecule has 2 heterocycles. The Hall–Kier alpha value is -3.96. The maximum Gasteiger partial charge on any atom is 0.358 e. The molecule has 200 valence electrons. The molecule has 10 nitrogen and oxygen atoms in total. The van der Waals surface area contributed by atoms with Crippen molar-refractivity contribution in [1.29, 1.82) is 0 Å². The predicted octanol–water partition coefficient (Wildman–Crippen LogP) is 4.04. The van der Waals surface area contributed by atoms with Crippen LogP contribution in [0.1, 0.15) is 54.0 Å². The minimum absolute atomic E-state index is 0.00702. The number of nitrogens with two attached hydrogens (primary N) is 1. The van der Waals surface area contributed by atoms with Gasteiger partial charge in [-0.2, -0.15) is 0 Å². The van der Waals surface area contributed by atoms with E-state index in [-0.39, 0.29) is 41.0 Å². The second-order valence-corrected chi connectivity index (χ2v) is 11.3. The van der Waals surface area contributed by atoms with Gasteiger partial charge in [0.25, 0.3) is 15.9 Å². The number of hydrogen-bond acceptors (Lipinski definition) is 7. The second kappa shape index (κ2) is 10.8. The average molecular weight is 539 g/mol. The Morgan fingerprint density at radius 3 is 2.39 bits per heavy atom. The lowest BCUT2D eigenvalue weighted by atomic mass is 10.0. The molecule has 38 heavy (non-hydrogen) atoms. The molecule has 4 N–H and O–H groups in total. The van der Waals surface area contributed by atoms with E-state index in [2.05, 4.69) is 9.97 Å². The van der Waals surface area contributed by atoms with Gasteiger partial charge < -0.3 is 20.2 Å². The number of rotatable bonds is 10. The number of hydrogen-bond donors (Lipinski definition) is 3. The number of nitrogens with zero attached hydrogens (tertiary/aromatic N) is 2. The smallest absolute Gasteiger partial charge is 0.358 e. The normalized spacial score (nSPS) is 13.5. The minimum atomic E-state index is -4.46. The van der Waals surface area contributed by atoms with Crippen molar-refractivity contribution in [3.05, 3.63) is 83.7 Å². The summed E-state index contributed by atoms with van der Waals surface area (Å²) in [5.41, 5.74) is 7.40. The van der Waals surface area contributed by atoms with E-state index in [1.807, 2.05) is 38.1 Å². The SMILES string of the molecule is Cc1oc([C@@H](Cc2c[nH]c3ccccc23)N(C(=O)[C@@H](N)CC(C)C)S(=O)(=O)c2ccccc2)nc1C(=O)O. The fourth-order valence-electron chi connectivity index (χ4n) is 4.45. The van der Waals surface area contributed by atoms with Gasteiger partial charge in [0.1, 0.15) is 11.8 Å². The topological polar surface area (TPSA) is 160 Å². The molecular formula is C27H30N4O6S. The van der Waals surface area contributed by atoms with Crippen LogP contribution < -0.4 is 5.73 Å². The van der Waals surface area contributed by atoms with E-state index < -0.39 is 34.0 Å². The lowest BCUT2D eigenvalue weighted by Gasteiger charge is -2.31. The number of H-pyrrole nitrogens is 1. The lowest BCUT2D eigenvalue weighted by molar-refractivity contribution is -0.130. The first kappa shape index (κ1) is 27.1. The van der Waals surface area contributed by atoms with Gasteiger partial charge in [0.2, 0.25) is 5.89 Å². The monoisotopic (exact) mass is 538 g/mol. The van der Waals surface area contributed by atoms with E-state index in [1.165, 1.54) is 19.1 Å². The molecular weight excluding hydrogens is 508 g/mol. The Balaban J connectivity index is 1.93. The molecule has 0 aliphatic rings. The van der Waals surface area contributed by atoms with Crippen molar-refractivity contribution >= 4 is 32.8 Å². The molecule has 0 aliphatic heterocycles. The predicted molar refractivity (Wildman–Crippen MR) is 141 cm³/mol. The van der Waals surface area contributed by atoms with Crippen LogP contribution >= 0.6 is 0 Å². The molecule has 2 atom stereocenters. The van der Waals surface area contributed by atoms with E-state index >= 15 is 0 Å². The maximum atomic E-state index is 14.1. The summed E-state index contributed by atoms with van der Waals surface area (Å²) in [6.45, 7) is 5.18. The van der Waals surface area contributed by atoms with Crippen LogP contribution in [0.15, 0.2) is 70.1 Å². The Labute approximate surface area is 220 Å². The van der Waals surface area contributed by atoms with Crippen LogP contribution in [0.2, 0.25) is 0 Å². The third kappa shape index (κ3) is 5.34. The van der Waals surface area contributed by atoms with Crippen LogP contribution in [0.5, 0.6) is 0 Å². The van der Waals surface area contributed by atoms with Crippen molar-refractivity contribution in [2.24, 2.45) is 11.7 Å². The largest absolute Gasteiger partial charge is 0.476 e. The van der Waals surface area contributed by atoms with Crippen LogP contribution in [0.25, 0.3) is 10.9 Å². The van der Waals surface area contributed by atoms with Gasteiger partial charge >= 0.3 is 5.97 Å². The number of aromatic amines is 1. The third-order valence-electron chi connectivity index (χ3n) is 6.23. The number of benzene rings is 2. The summed E-state index contributed by atoms with van der Waals surface area (Å²) in [6.07, 6.45) is 1.93. The summed E-state index contributed by atoms with van der Waals surface area (Å²) in [5.74, 6) is -2.36. The highest BCUT2D eigenvalue weighted by atomic mass is 32.2. The van der Waals surface area contributed by atoms with Crippen LogP contribution in [0.4, 0.5) is 0 Å². The number of aromatic carboxylic acids is 1. The van der Waals surface area contributed by atoms with Gasteiger partial charge in [-0.1, -0.05) is 50.2 Å². The van der Waals surface area contributed by atoms with E-state index in [4.69, 9.17) is 10.2 Å². The van der Waals surface area contributed by atoms with Gasteiger partial charge in [-0.3, -0.25) is 4.79 Å². The Morgan fingerprint density at radius 2 is 1.76 bits per heavy atom. The number of aryl methyl sites for hydroxylation is 1. The van der Waals surface area contributed by atoms with Crippen LogP contribution in [0, 0.1) is 12.8 Å². The fraction of sp³-hybridized carbons (Fsp3) is 0.296. The molecule has 4 rings (SSSR count). The van der Waals surface area contributed by atoms with Crippen molar-refractivity contribution in [3.63, 3.8) is 0 Å². The number of carboxylic acids is 1.